The van der Waals surface area contributed by atoms with Gasteiger partial charge in [-0.05, 0) is 24.6 Å². The standard InChI is InChI=1S/C22H23FN4O5S/c1-2-32-22(30)17-15(11-27-7-8-31-12-16(27)21(28)29)25-19(20-24-6-9-33-20)26-18(17)13-4-3-5-14(23)10-13/h3-6,9-10,16,18H,2,7-8,11-12H2,1H3,(H,25,26)(H,28,29)/t16-,18-/m0/s1. The highest BCUT2D eigenvalue weighted by molar-refractivity contribution is 7.11. The summed E-state index contributed by atoms with van der Waals surface area (Å²) in [7, 11) is 0. The summed E-state index contributed by atoms with van der Waals surface area (Å²) in [4.78, 5) is 35.6. The van der Waals surface area contributed by atoms with Crippen molar-refractivity contribution in [1.29, 1.82) is 0 Å². The molecule has 33 heavy (non-hydrogen) atoms. The fourth-order valence-corrected chi connectivity index (χ4v) is 4.38. The number of halogens is 1. The van der Waals surface area contributed by atoms with Gasteiger partial charge in [0.1, 0.15) is 17.9 Å². The Balaban J connectivity index is 1.81. The van der Waals surface area contributed by atoms with Crippen molar-refractivity contribution in [2.24, 2.45) is 4.99 Å². The number of hydrogen-bond donors (Lipinski definition) is 2. The Morgan fingerprint density at radius 1 is 1.42 bits per heavy atom. The number of benzene rings is 1. The van der Waals surface area contributed by atoms with Crippen molar-refractivity contribution in [2.45, 2.75) is 19.0 Å². The average Bonchev–Trinajstić information content (AvgIpc) is 3.34. The zero-order chi connectivity index (χ0) is 23.4. The lowest BCUT2D eigenvalue weighted by Crippen LogP contribution is -2.52. The fraction of sp³-hybridized carbons (Fsp3) is 0.364. The molecule has 0 aliphatic carbocycles. The third kappa shape index (κ3) is 5.10. The van der Waals surface area contributed by atoms with E-state index in [2.05, 4.69) is 15.3 Å². The Morgan fingerprint density at radius 2 is 2.27 bits per heavy atom. The predicted octanol–water partition coefficient (Wildman–Crippen LogP) is 1.98. The first-order chi connectivity index (χ1) is 16.0. The molecule has 4 rings (SSSR count). The molecule has 0 radical (unpaired) electrons. The number of hydrogen-bond acceptors (Lipinski definition) is 9. The molecule has 0 unspecified atom stereocenters. The molecule has 0 saturated carbocycles. The van der Waals surface area contributed by atoms with Crippen LogP contribution in [0.2, 0.25) is 0 Å². The summed E-state index contributed by atoms with van der Waals surface area (Å²) in [5.74, 6) is -1.65. The number of carboxylic acid groups (broad SMARTS) is 1. The number of aliphatic carboxylic acids is 1. The van der Waals surface area contributed by atoms with Crippen molar-refractivity contribution in [3.63, 3.8) is 0 Å². The lowest BCUT2D eigenvalue weighted by Gasteiger charge is -2.35. The van der Waals surface area contributed by atoms with E-state index in [9.17, 15) is 19.1 Å². The molecule has 9 nitrogen and oxygen atoms in total. The molecule has 11 heteroatoms. The average molecular weight is 475 g/mol. The van der Waals surface area contributed by atoms with Gasteiger partial charge in [0.25, 0.3) is 0 Å². The molecule has 0 bridgehead atoms. The Morgan fingerprint density at radius 3 is 2.97 bits per heavy atom. The molecule has 1 saturated heterocycles. The first-order valence-corrected chi connectivity index (χ1v) is 11.3. The minimum atomic E-state index is -1.01. The van der Waals surface area contributed by atoms with Gasteiger partial charge in [0.2, 0.25) is 0 Å². The molecule has 3 heterocycles. The molecule has 174 valence electrons. The zero-order valence-electron chi connectivity index (χ0n) is 17.9. The predicted molar refractivity (Wildman–Crippen MR) is 118 cm³/mol. The van der Waals surface area contributed by atoms with Gasteiger partial charge < -0.3 is 19.9 Å². The lowest BCUT2D eigenvalue weighted by molar-refractivity contribution is -0.149. The maximum absolute atomic E-state index is 14.1. The number of carbonyl (C=O) groups is 2. The van der Waals surface area contributed by atoms with Gasteiger partial charge in [-0.2, -0.15) is 0 Å². The highest BCUT2D eigenvalue weighted by Gasteiger charge is 2.36. The number of rotatable bonds is 7. The van der Waals surface area contributed by atoms with Gasteiger partial charge in [0, 0.05) is 30.4 Å². The summed E-state index contributed by atoms with van der Waals surface area (Å²) in [5, 5.41) is 15.2. The maximum atomic E-state index is 14.1. The van der Waals surface area contributed by atoms with Crippen LogP contribution in [0.1, 0.15) is 23.5 Å². The number of morpholine rings is 1. The van der Waals surface area contributed by atoms with Crippen LogP contribution in [0.4, 0.5) is 4.39 Å². The van der Waals surface area contributed by atoms with Crippen molar-refractivity contribution in [3.8, 4) is 0 Å². The second-order valence-corrected chi connectivity index (χ2v) is 8.30. The van der Waals surface area contributed by atoms with Crippen LogP contribution in [0.15, 0.2) is 52.1 Å². The van der Waals surface area contributed by atoms with Gasteiger partial charge in [-0.3, -0.25) is 14.7 Å². The van der Waals surface area contributed by atoms with E-state index in [1.54, 1.807) is 35.5 Å². The van der Waals surface area contributed by atoms with Crippen molar-refractivity contribution < 1.29 is 28.6 Å². The van der Waals surface area contributed by atoms with Crippen LogP contribution in [0.25, 0.3) is 0 Å². The largest absolute Gasteiger partial charge is 0.480 e. The smallest absolute Gasteiger partial charge is 0.338 e. The SMILES string of the molecule is CCOC(=O)C1=C(CN2CCOC[C@H]2C(=O)O)NC(c2nccs2)=N[C@H]1c1cccc(F)c1. The first kappa shape index (κ1) is 23.0. The second-order valence-electron chi connectivity index (χ2n) is 7.41. The maximum Gasteiger partial charge on any atom is 0.338 e. The number of ether oxygens (including phenoxy) is 2. The van der Waals surface area contributed by atoms with Gasteiger partial charge in [-0.1, -0.05) is 12.1 Å². The van der Waals surface area contributed by atoms with E-state index < -0.39 is 29.8 Å². The van der Waals surface area contributed by atoms with Gasteiger partial charge >= 0.3 is 11.9 Å². The second kappa shape index (κ2) is 10.2. The number of nitrogens with zero attached hydrogens (tertiary/aromatic N) is 3. The van der Waals surface area contributed by atoms with Crippen LogP contribution in [0, 0.1) is 5.82 Å². The van der Waals surface area contributed by atoms with Crippen molar-refractivity contribution >= 4 is 29.1 Å². The summed E-state index contributed by atoms with van der Waals surface area (Å²) in [6.07, 6.45) is 1.63. The molecule has 0 spiro atoms. The lowest BCUT2D eigenvalue weighted by atomic mass is 9.95. The number of aromatic nitrogens is 1. The normalized spacial score (nSPS) is 21.3. The molecule has 2 aliphatic rings. The fourth-order valence-electron chi connectivity index (χ4n) is 3.79. The topological polar surface area (TPSA) is 113 Å². The van der Waals surface area contributed by atoms with Crippen molar-refractivity contribution in [2.75, 3.05) is 32.9 Å². The van der Waals surface area contributed by atoms with E-state index in [-0.39, 0.29) is 25.3 Å². The van der Waals surface area contributed by atoms with Gasteiger partial charge in [0.15, 0.2) is 10.8 Å². The quantitative estimate of drug-likeness (QED) is 0.586. The van der Waals surface area contributed by atoms with Crippen molar-refractivity contribution in [1.82, 2.24) is 15.2 Å². The highest BCUT2D eigenvalue weighted by atomic mass is 32.1. The van der Waals surface area contributed by atoms with E-state index >= 15 is 0 Å². The van der Waals surface area contributed by atoms with E-state index in [0.717, 1.165) is 0 Å². The Labute approximate surface area is 193 Å². The summed E-state index contributed by atoms with van der Waals surface area (Å²) < 4.78 is 24.7. The van der Waals surface area contributed by atoms with E-state index in [4.69, 9.17) is 9.47 Å². The summed E-state index contributed by atoms with van der Waals surface area (Å²) >= 11 is 1.36. The van der Waals surface area contributed by atoms with Crippen LogP contribution >= 0.6 is 11.3 Å². The van der Waals surface area contributed by atoms with Gasteiger partial charge in [0.05, 0.1) is 25.4 Å². The van der Waals surface area contributed by atoms with Gasteiger partial charge in [-0.15, -0.1) is 11.3 Å². The number of thiazole rings is 1. The molecule has 1 aromatic heterocycles. The molecule has 0 amide bonds. The molecule has 1 aromatic carbocycles. The molecule has 2 aromatic rings. The Bertz CT molecular complexity index is 1090. The minimum Gasteiger partial charge on any atom is -0.480 e. The minimum absolute atomic E-state index is 0.0398. The van der Waals surface area contributed by atoms with Crippen LogP contribution in [-0.2, 0) is 19.1 Å². The third-order valence-electron chi connectivity index (χ3n) is 5.31. The first-order valence-electron chi connectivity index (χ1n) is 10.4. The summed E-state index contributed by atoms with van der Waals surface area (Å²) in [6.45, 7) is 2.73. The van der Waals surface area contributed by atoms with Crippen molar-refractivity contribution in [3.05, 3.63) is 63.5 Å². The molecule has 1 fully saturated rings. The summed E-state index contributed by atoms with van der Waals surface area (Å²) in [5.41, 5.74) is 1.12. The van der Waals surface area contributed by atoms with Crippen LogP contribution in [-0.4, -0.2) is 71.7 Å². The van der Waals surface area contributed by atoms with Crippen LogP contribution in [0.3, 0.4) is 0 Å². The monoisotopic (exact) mass is 474 g/mol. The third-order valence-corrected chi connectivity index (χ3v) is 6.09. The number of carboxylic acids is 1. The molecule has 2 N–H and O–H groups in total. The zero-order valence-corrected chi connectivity index (χ0v) is 18.7. The number of carbonyl (C=O) groups excluding carboxylic acids is 1. The molecule has 2 aliphatic heterocycles. The highest BCUT2D eigenvalue weighted by Crippen LogP contribution is 2.33. The molecular formula is C22H23FN4O5S. The number of amidine groups is 1. The molecular weight excluding hydrogens is 451 g/mol. The number of esters is 1. The summed E-state index contributed by atoms with van der Waals surface area (Å²) in [6, 6.07) is 4.16. The van der Waals surface area contributed by atoms with Crippen LogP contribution < -0.4 is 5.32 Å². The van der Waals surface area contributed by atoms with E-state index in [0.29, 0.717) is 35.3 Å². The van der Waals surface area contributed by atoms with E-state index in [1.807, 2.05) is 0 Å². The number of aliphatic imine (C=N–C) groups is 1. The van der Waals surface area contributed by atoms with Gasteiger partial charge in [-0.25, -0.2) is 14.2 Å². The Kier molecular flexibility index (Phi) is 7.11. The molecule has 2 atom stereocenters. The number of nitrogens with one attached hydrogen (secondary N) is 1. The Hall–Kier alpha value is -3.15. The van der Waals surface area contributed by atoms with E-state index in [1.165, 1.54) is 23.5 Å². The van der Waals surface area contributed by atoms with Crippen LogP contribution in [0.5, 0.6) is 0 Å².